The average Bonchev–Trinajstić information content (AvgIpc) is 3.31. The summed E-state index contributed by atoms with van der Waals surface area (Å²) in [6.45, 7) is 6.63. The first-order valence-corrected chi connectivity index (χ1v) is 11.2. The molecule has 0 spiro atoms. The molecule has 0 unspecified atom stereocenters. The third-order valence-corrected chi connectivity index (χ3v) is 6.34. The van der Waals surface area contributed by atoms with Gasteiger partial charge in [-0.3, -0.25) is 14.2 Å². The molecule has 1 amide bonds. The molecule has 0 bridgehead atoms. The molecule has 0 aliphatic carbocycles. The summed E-state index contributed by atoms with van der Waals surface area (Å²) in [5.41, 5.74) is 3.03. The zero-order chi connectivity index (χ0) is 23.8. The summed E-state index contributed by atoms with van der Waals surface area (Å²) < 4.78 is 11.7. The number of aromatic amines is 1. The monoisotopic (exact) mass is 462 g/mol. The number of nitrogens with zero attached hydrogens (tertiary/aromatic N) is 3. The molecule has 1 saturated heterocycles. The molecule has 3 heterocycles. The Balaban J connectivity index is 1.33. The maximum Gasteiger partial charge on any atom is 0.328 e. The normalized spacial score (nSPS) is 15.0. The molecule has 2 aliphatic heterocycles. The maximum atomic E-state index is 13.2. The van der Waals surface area contributed by atoms with Crippen LogP contribution in [0.1, 0.15) is 27.0 Å². The van der Waals surface area contributed by atoms with E-state index in [-0.39, 0.29) is 24.8 Å². The van der Waals surface area contributed by atoms with Crippen molar-refractivity contribution in [2.75, 3.05) is 37.9 Å². The Labute approximate surface area is 196 Å². The molecule has 2 aromatic carbocycles. The summed E-state index contributed by atoms with van der Waals surface area (Å²) in [6.07, 6.45) is 1.22. The SMILES string of the molecule is Cc1ccc(C)c(N2CCN(C(=O)c3c[nH]c(=O)n(Cc4ccc5c(c4)OCO5)c3=O)CC2)c1. The molecule has 2 aliphatic rings. The highest BCUT2D eigenvalue weighted by Gasteiger charge is 2.26. The fourth-order valence-electron chi connectivity index (χ4n) is 4.41. The van der Waals surface area contributed by atoms with Crippen molar-refractivity contribution >= 4 is 11.6 Å². The minimum atomic E-state index is -0.608. The Morgan fingerprint density at radius 2 is 1.74 bits per heavy atom. The third-order valence-electron chi connectivity index (χ3n) is 6.34. The van der Waals surface area contributed by atoms with E-state index >= 15 is 0 Å². The van der Waals surface area contributed by atoms with Crippen LogP contribution in [0, 0.1) is 13.8 Å². The van der Waals surface area contributed by atoms with Crippen LogP contribution >= 0.6 is 0 Å². The van der Waals surface area contributed by atoms with Gasteiger partial charge in [-0.05, 0) is 48.7 Å². The number of aryl methyl sites for hydroxylation is 2. The topological polar surface area (TPSA) is 96.9 Å². The highest BCUT2D eigenvalue weighted by molar-refractivity contribution is 5.93. The van der Waals surface area contributed by atoms with Crippen molar-refractivity contribution in [3.05, 3.63) is 85.7 Å². The number of carbonyl (C=O) groups is 1. The molecule has 9 heteroatoms. The fourth-order valence-corrected chi connectivity index (χ4v) is 4.41. The van der Waals surface area contributed by atoms with Gasteiger partial charge in [-0.25, -0.2) is 4.79 Å². The van der Waals surface area contributed by atoms with E-state index in [0.29, 0.717) is 43.2 Å². The first-order chi connectivity index (χ1) is 16.4. The molecule has 1 fully saturated rings. The zero-order valence-corrected chi connectivity index (χ0v) is 19.2. The van der Waals surface area contributed by atoms with Crippen molar-refractivity contribution < 1.29 is 14.3 Å². The second kappa shape index (κ2) is 8.74. The number of amides is 1. The summed E-state index contributed by atoms with van der Waals surface area (Å²) in [6, 6.07) is 11.6. The lowest BCUT2D eigenvalue weighted by molar-refractivity contribution is 0.0743. The van der Waals surface area contributed by atoms with Crippen molar-refractivity contribution in [1.82, 2.24) is 14.5 Å². The van der Waals surface area contributed by atoms with Crippen LogP contribution in [0.5, 0.6) is 11.5 Å². The number of aromatic nitrogens is 2. The number of nitrogens with one attached hydrogen (secondary N) is 1. The van der Waals surface area contributed by atoms with E-state index in [1.54, 1.807) is 23.1 Å². The van der Waals surface area contributed by atoms with E-state index in [9.17, 15) is 14.4 Å². The molecule has 0 radical (unpaired) electrons. The van der Waals surface area contributed by atoms with E-state index in [4.69, 9.17) is 9.47 Å². The van der Waals surface area contributed by atoms with Crippen LogP contribution in [-0.2, 0) is 6.54 Å². The Hall–Kier alpha value is -4.01. The second-order valence-corrected chi connectivity index (χ2v) is 8.66. The zero-order valence-electron chi connectivity index (χ0n) is 19.2. The third kappa shape index (κ3) is 4.05. The first-order valence-electron chi connectivity index (χ1n) is 11.2. The smallest absolute Gasteiger partial charge is 0.328 e. The maximum absolute atomic E-state index is 13.2. The van der Waals surface area contributed by atoms with Crippen LogP contribution in [0.25, 0.3) is 0 Å². The number of benzene rings is 2. The minimum Gasteiger partial charge on any atom is -0.454 e. The van der Waals surface area contributed by atoms with Crippen LogP contribution in [0.2, 0.25) is 0 Å². The Morgan fingerprint density at radius 1 is 0.971 bits per heavy atom. The second-order valence-electron chi connectivity index (χ2n) is 8.66. The molecule has 0 atom stereocenters. The molecule has 5 rings (SSSR count). The number of hydrogen-bond acceptors (Lipinski definition) is 6. The van der Waals surface area contributed by atoms with Crippen LogP contribution in [0.15, 0.2) is 52.2 Å². The number of ether oxygens (including phenoxy) is 2. The van der Waals surface area contributed by atoms with E-state index in [1.165, 1.54) is 23.0 Å². The van der Waals surface area contributed by atoms with Crippen molar-refractivity contribution in [1.29, 1.82) is 0 Å². The number of carbonyl (C=O) groups excluding carboxylic acids is 1. The minimum absolute atomic E-state index is 0.0202. The predicted molar refractivity (Wildman–Crippen MR) is 127 cm³/mol. The molecule has 9 nitrogen and oxygen atoms in total. The quantitative estimate of drug-likeness (QED) is 0.636. The lowest BCUT2D eigenvalue weighted by Crippen LogP contribution is -2.50. The number of rotatable bonds is 4. The predicted octanol–water partition coefficient (Wildman–Crippen LogP) is 1.89. The van der Waals surface area contributed by atoms with E-state index in [2.05, 4.69) is 41.9 Å². The van der Waals surface area contributed by atoms with Crippen LogP contribution in [0.4, 0.5) is 5.69 Å². The number of hydrogen-bond donors (Lipinski definition) is 1. The number of H-pyrrole nitrogens is 1. The molecule has 1 N–H and O–H groups in total. The molecule has 0 saturated carbocycles. The Kier molecular flexibility index (Phi) is 5.61. The number of piperazine rings is 1. The van der Waals surface area contributed by atoms with E-state index in [1.807, 2.05) is 0 Å². The van der Waals surface area contributed by atoms with Gasteiger partial charge in [0.15, 0.2) is 11.5 Å². The highest BCUT2D eigenvalue weighted by atomic mass is 16.7. The molecule has 176 valence electrons. The number of fused-ring (bicyclic) bond motifs is 1. The van der Waals surface area contributed by atoms with Gasteiger partial charge in [0.25, 0.3) is 11.5 Å². The summed E-state index contributed by atoms with van der Waals surface area (Å²) in [5, 5.41) is 0. The summed E-state index contributed by atoms with van der Waals surface area (Å²) in [7, 11) is 0. The van der Waals surface area contributed by atoms with Gasteiger partial charge in [0.1, 0.15) is 5.56 Å². The van der Waals surface area contributed by atoms with Gasteiger partial charge in [-0.2, -0.15) is 0 Å². The summed E-state index contributed by atoms with van der Waals surface area (Å²) in [4.78, 5) is 45.2. The van der Waals surface area contributed by atoms with Crippen LogP contribution in [-0.4, -0.2) is 53.3 Å². The molecule has 34 heavy (non-hydrogen) atoms. The van der Waals surface area contributed by atoms with Crippen molar-refractivity contribution in [2.24, 2.45) is 0 Å². The van der Waals surface area contributed by atoms with E-state index < -0.39 is 11.2 Å². The van der Waals surface area contributed by atoms with Gasteiger partial charge in [-0.1, -0.05) is 18.2 Å². The van der Waals surface area contributed by atoms with Gasteiger partial charge >= 0.3 is 5.69 Å². The lowest BCUT2D eigenvalue weighted by atomic mass is 10.1. The molecular weight excluding hydrogens is 436 g/mol. The fraction of sp³-hybridized carbons (Fsp3) is 0.320. The van der Waals surface area contributed by atoms with Gasteiger partial charge in [0.05, 0.1) is 6.54 Å². The van der Waals surface area contributed by atoms with Crippen LogP contribution in [0.3, 0.4) is 0 Å². The lowest BCUT2D eigenvalue weighted by Gasteiger charge is -2.36. The van der Waals surface area contributed by atoms with Crippen molar-refractivity contribution in [3.63, 3.8) is 0 Å². The van der Waals surface area contributed by atoms with Crippen molar-refractivity contribution in [3.8, 4) is 11.5 Å². The Morgan fingerprint density at radius 3 is 2.53 bits per heavy atom. The van der Waals surface area contributed by atoms with Gasteiger partial charge in [0, 0.05) is 38.1 Å². The molecular formula is C25H26N4O5. The van der Waals surface area contributed by atoms with Crippen molar-refractivity contribution in [2.45, 2.75) is 20.4 Å². The Bertz CT molecular complexity index is 1370. The standard InChI is InChI=1S/C25H26N4O5/c1-16-3-4-17(2)20(11-16)27-7-9-28(10-8-27)23(30)19-13-26-25(32)29(24(19)31)14-18-5-6-21-22(12-18)34-15-33-21/h3-6,11-13H,7-10,14-15H2,1-2H3,(H,26,32). The first kappa shape index (κ1) is 21.8. The van der Waals surface area contributed by atoms with Gasteiger partial charge in [0.2, 0.25) is 6.79 Å². The average molecular weight is 463 g/mol. The van der Waals surface area contributed by atoms with E-state index in [0.717, 1.165) is 4.57 Å². The highest BCUT2D eigenvalue weighted by Crippen LogP contribution is 2.32. The van der Waals surface area contributed by atoms with Crippen LogP contribution < -0.4 is 25.6 Å². The molecule has 3 aromatic rings. The summed E-state index contributed by atoms with van der Waals surface area (Å²) in [5.74, 6) is 0.811. The summed E-state index contributed by atoms with van der Waals surface area (Å²) >= 11 is 0. The van der Waals surface area contributed by atoms with Gasteiger partial charge in [-0.15, -0.1) is 0 Å². The molecule has 1 aromatic heterocycles. The number of anilines is 1. The largest absolute Gasteiger partial charge is 0.454 e. The van der Waals surface area contributed by atoms with Gasteiger partial charge < -0.3 is 24.3 Å².